The molecule has 0 aliphatic carbocycles. The summed E-state index contributed by atoms with van der Waals surface area (Å²) in [6.45, 7) is 4.15. The molecule has 1 N–H and O–H groups in total. The molecule has 3 rings (SSSR count). The van der Waals surface area contributed by atoms with E-state index in [4.69, 9.17) is 0 Å². The smallest absolute Gasteiger partial charge is 0.227 e. The van der Waals surface area contributed by atoms with Gasteiger partial charge in [-0.1, -0.05) is 116 Å². The first-order valence-electron chi connectivity index (χ1n) is 10.4. The molecule has 0 saturated heterocycles. The molecule has 0 unspecified atom stereocenters. The molecule has 3 nitrogen and oxygen atoms in total. The number of rotatable bonds is 10. The van der Waals surface area contributed by atoms with Crippen LogP contribution in [0.25, 0.3) is 0 Å². The van der Waals surface area contributed by atoms with Crippen molar-refractivity contribution in [1.29, 1.82) is 0 Å². The fraction of sp³-hybridized carbons (Fsp3) is 0.143. The Morgan fingerprint density at radius 3 is 1.84 bits per heavy atom. The van der Waals surface area contributed by atoms with E-state index in [2.05, 4.69) is 42.2 Å². The van der Waals surface area contributed by atoms with Crippen molar-refractivity contribution in [3.8, 4) is 0 Å². The van der Waals surface area contributed by atoms with Crippen LogP contribution >= 0.6 is 0 Å². The molecule has 3 aromatic carbocycles. The normalized spacial score (nSPS) is 11.2. The molecule has 0 fully saturated rings. The van der Waals surface area contributed by atoms with E-state index in [9.17, 15) is 9.59 Å². The predicted octanol–water partition coefficient (Wildman–Crippen LogP) is 5.49. The third-order valence-corrected chi connectivity index (χ3v) is 5.40. The Labute approximate surface area is 184 Å². The number of hydrogen-bond donors (Lipinski definition) is 1. The summed E-state index contributed by atoms with van der Waals surface area (Å²) in [6, 6.07) is 29.2. The molecular formula is C28H27NO2. The number of carbonyl (C=O) groups excluding carboxylic acids is 2. The summed E-state index contributed by atoms with van der Waals surface area (Å²) in [5.74, 6) is -0.465. The summed E-state index contributed by atoms with van der Waals surface area (Å²) < 4.78 is 0. The van der Waals surface area contributed by atoms with E-state index in [-0.39, 0.29) is 18.1 Å². The zero-order valence-electron chi connectivity index (χ0n) is 17.5. The van der Waals surface area contributed by atoms with Gasteiger partial charge in [0.25, 0.3) is 0 Å². The maximum atomic E-state index is 12.7. The summed E-state index contributed by atoms with van der Waals surface area (Å²) in [7, 11) is 0. The van der Waals surface area contributed by atoms with Gasteiger partial charge in [-0.15, -0.1) is 0 Å². The van der Waals surface area contributed by atoms with Gasteiger partial charge in [-0.25, -0.2) is 0 Å². The number of ketones is 1. The quantitative estimate of drug-likeness (QED) is 0.273. The van der Waals surface area contributed by atoms with Crippen LogP contribution in [0.5, 0.6) is 0 Å². The summed E-state index contributed by atoms with van der Waals surface area (Å²) in [6.07, 6.45) is 6.24. The largest absolute Gasteiger partial charge is 0.354 e. The fourth-order valence-corrected chi connectivity index (χ4v) is 3.74. The molecule has 0 aromatic heterocycles. The minimum atomic E-state index is -0.465. The summed E-state index contributed by atoms with van der Waals surface area (Å²) in [5.41, 5.74) is 2.28. The van der Waals surface area contributed by atoms with Gasteiger partial charge in [-0.2, -0.15) is 0 Å². The minimum absolute atomic E-state index is 0.174. The van der Waals surface area contributed by atoms with Crippen molar-refractivity contribution in [3.63, 3.8) is 0 Å². The van der Waals surface area contributed by atoms with Crippen LogP contribution in [0.15, 0.2) is 116 Å². The Morgan fingerprint density at radius 2 is 1.32 bits per heavy atom. The molecule has 31 heavy (non-hydrogen) atoms. The van der Waals surface area contributed by atoms with Gasteiger partial charge in [0.1, 0.15) is 0 Å². The second-order valence-electron chi connectivity index (χ2n) is 7.42. The van der Waals surface area contributed by atoms with Crippen molar-refractivity contribution >= 4 is 11.7 Å². The lowest BCUT2D eigenvalue weighted by molar-refractivity contribution is -0.120. The van der Waals surface area contributed by atoms with Crippen LogP contribution in [-0.2, 0) is 10.2 Å². The molecule has 0 spiro atoms. The molecule has 0 heterocycles. The van der Waals surface area contributed by atoms with Gasteiger partial charge in [-0.05, 0) is 17.5 Å². The molecule has 0 aliphatic heterocycles. The topological polar surface area (TPSA) is 46.2 Å². The van der Waals surface area contributed by atoms with E-state index >= 15 is 0 Å². The van der Waals surface area contributed by atoms with E-state index < -0.39 is 5.41 Å². The third-order valence-electron chi connectivity index (χ3n) is 5.40. The maximum absolute atomic E-state index is 12.7. The molecule has 1 amide bonds. The standard InChI is InChI=1S/C28H27NO2/c1-2-3-13-20-28(24-16-9-5-10-17-24,25-18-11-6-12-19-25)22-29-27(31)21-26(30)23-14-7-4-8-15-23/h2-19H,1,20-22H2,(H,29,31)/b13-3+. The van der Waals surface area contributed by atoms with Gasteiger partial charge >= 0.3 is 0 Å². The van der Waals surface area contributed by atoms with Crippen LogP contribution in [0.1, 0.15) is 34.3 Å². The fourth-order valence-electron chi connectivity index (χ4n) is 3.74. The van der Waals surface area contributed by atoms with Gasteiger partial charge in [-0.3, -0.25) is 9.59 Å². The molecule has 0 atom stereocenters. The van der Waals surface area contributed by atoms with Crippen molar-refractivity contribution in [2.75, 3.05) is 6.54 Å². The number of carbonyl (C=O) groups is 2. The van der Waals surface area contributed by atoms with Gasteiger partial charge in [0.05, 0.1) is 6.42 Å². The van der Waals surface area contributed by atoms with Crippen LogP contribution in [0.2, 0.25) is 0 Å². The zero-order chi connectivity index (χ0) is 21.9. The van der Waals surface area contributed by atoms with Crippen molar-refractivity contribution in [2.24, 2.45) is 0 Å². The van der Waals surface area contributed by atoms with Crippen molar-refractivity contribution in [3.05, 3.63) is 132 Å². The first-order valence-corrected chi connectivity index (χ1v) is 10.4. The molecule has 3 heteroatoms. The van der Waals surface area contributed by atoms with E-state index in [1.165, 1.54) is 0 Å². The Morgan fingerprint density at radius 1 is 0.806 bits per heavy atom. The third kappa shape index (κ3) is 5.67. The number of allylic oxidation sites excluding steroid dienone is 3. The van der Waals surface area contributed by atoms with Crippen LogP contribution in [0, 0.1) is 0 Å². The number of Topliss-reactive ketones (excluding diaryl/α,β-unsaturated/α-hetero) is 1. The Hall–Kier alpha value is -3.72. The second kappa shape index (κ2) is 10.9. The zero-order valence-corrected chi connectivity index (χ0v) is 17.5. The SMILES string of the molecule is C=C/C=C/CC(CNC(=O)CC(=O)c1ccccc1)(c1ccccc1)c1ccccc1. The van der Waals surface area contributed by atoms with E-state index in [0.29, 0.717) is 18.5 Å². The van der Waals surface area contributed by atoms with Gasteiger partial charge in [0, 0.05) is 17.5 Å². The van der Waals surface area contributed by atoms with Crippen molar-refractivity contribution in [1.82, 2.24) is 5.32 Å². The lowest BCUT2D eigenvalue weighted by atomic mass is 9.71. The molecule has 156 valence electrons. The number of benzene rings is 3. The van der Waals surface area contributed by atoms with Crippen molar-refractivity contribution < 1.29 is 9.59 Å². The monoisotopic (exact) mass is 409 g/mol. The van der Waals surface area contributed by atoms with Gasteiger partial charge in [0.2, 0.25) is 5.91 Å². The molecule has 0 bridgehead atoms. The van der Waals surface area contributed by atoms with Crippen LogP contribution < -0.4 is 5.32 Å². The first-order chi connectivity index (χ1) is 15.2. The Kier molecular flexibility index (Phi) is 7.72. The highest BCUT2D eigenvalue weighted by Gasteiger charge is 2.33. The first kappa shape index (κ1) is 22.0. The van der Waals surface area contributed by atoms with Crippen LogP contribution in [0.3, 0.4) is 0 Å². The van der Waals surface area contributed by atoms with Crippen LogP contribution in [0.4, 0.5) is 0 Å². The highest BCUT2D eigenvalue weighted by Crippen LogP contribution is 2.36. The van der Waals surface area contributed by atoms with Crippen LogP contribution in [-0.4, -0.2) is 18.2 Å². The number of nitrogens with one attached hydrogen (secondary N) is 1. The molecule has 0 aliphatic rings. The van der Waals surface area contributed by atoms with E-state index in [1.807, 2.05) is 48.5 Å². The minimum Gasteiger partial charge on any atom is -0.354 e. The highest BCUT2D eigenvalue weighted by atomic mass is 16.2. The molecule has 3 aromatic rings. The van der Waals surface area contributed by atoms with E-state index in [1.54, 1.807) is 30.3 Å². The van der Waals surface area contributed by atoms with Gasteiger partial charge in [0.15, 0.2) is 5.78 Å². The lowest BCUT2D eigenvalue weighted by Crippen LogP contribution is -2.42. The maximum Gasteiger partial charge on any atom is 0.227 e. The number of hydrogen-bond acceptors (Lipinski definition) is 2. The molecule has 0 radical (unpaired) electrons. The second-order valence-corrected chi connectivity index (χ2v) is 7.42. The number of amides is 1. The molecule has 0 saturated carbocycles. The summed E-state index contributed by atoms with van der Waals surface area (Å²) >= 11 is 0. The summed E-state index contributed by atoms with van der Waals surface area (Å²) in [5, 5.41) is 3.03. The predicted molar refractivity (Wildman–Crippen MR) is 126 cm³/mol. The lowest BCUT2D eigenvalue weighted by Gasteiger charge is -2.34. The van der Waals surface area contributed by atoms with Crippen molar-refractivity contribution in [2.45, 2.75) is 18.3 Å². The van der Waals surface area contributed by atoms with Gasteiger partial charge < -0.3 is 5.32 Å². The average Bonchev–Trinajstić information content (AvgIpc) is 2.83. The average molecular weight is 410 g/mol. The summed E-state index contributed by atoms with van der Waals surface area (Å²) in [4.78, 5) is 25.1. The highest BCUT2D eigenvalue weighted by molar-refractivity contribution is 6.07. The Bertz CT molecular complexity index is 985. The Balaban J connectivity index is 1.87. The van der Waals surface area contributed by atoms with E-state index in [0.717, 1.165) is 11.1 Å². The molecular weight excluding hydrogens is 382 g/mol.